The molecule has 0 aliphatic carbocycles. The van der Waals surface area contributed by atoms with E-state index in [1.165, 1.54) is 12.1 Å². The highest BCUT2D eigenvalue weighted by Crippen LogP contribution is 2.19. The summed E-state index contributed by atoms with van der Waals surface area (Å²) >= 11 is 0. The van der Waals surface area contributed by atoms with Crippen LogP contribution in [0.15, 0.2) is 18.2 Å². The van der Waals surface area contributed by atoms with Crippen LogP contribution in [0, 0.1) is 5.82 Å². The van der Waals surface area contributed by atoms with E-state index in [2.05, 4.69) is 0 Å². The number of Topliss-reactive ketones (excluding diaryl/α,β-unsaturated/α-hetero) is 1. The maximum absolute atomic E-state index is 12.9. The number of ketones is 1. The first-order chi connectivity index (χ1) is 6.56. The molecule has 0 aliphatic rings. The summed E-state index contributed by atoms with van der Waals surface area (Å²) in [7, 11) is 3.58. The zero-order valence-corrected chi connectivity index (χ0v) is 8.25. The van der Waals surface area contributed by atoms with Gasteiger partial charge in [0.05, 0.1) is 6.54 Å². The molecule has 0 heterocycles. The van der Waals surface area contributed by atoms with Crippen molar-refractivity contribution in [1.82, 2.24) is 0 Å². The Morgan fingerprint density at radius 1 is 1.50 bits per heavy atom. The van der Waals surface area contributed by atoms with Gasteiger partial charge < -0.3 is 10.6 Å². The number of anilines is 1. The first-order valence-electron chi connectivity index (χ1n) is 4.26. The zero-order chi connectivity index (χ0) is 10.7. The number of hydrogen-bond donors (Lipinski definition) is 1. The minimum absolute atomic E-state index is 0.107. The molecule has 0 saturated heterocycles. The summed E-state index contributed by atoms with van der Waals surface area (Å²) in [5, 5.41) is 0. The Hall–Kier alpha value is -1.42. The van der Waals surface area contributed by atoms with Crippen LogP contribution in [0.5, 0.6) is 0 Å². The Morgan fingerprint density at radius 3 is 2.64 bits per heavy atom. The number of rotatable bonds is 3. The molecule has 76 valence electrons. The second-order valence-corrected chi connectivity index (χ2v) is 3.18. The van der Waals surface area contributed by atoms with E-state index >= 15 is 0 Å². The van der Waals surface area contributed by atoms with E-state index < -0.39 is 5.82 Å². The van der Waals surface area contributed by atoms with Crippen molar-refractivity contribution in [3.05, 3.63) is 29.6 Å². The Bertz CT molecular complexity index is 350. The highest BCUT2D eigenvalue weighted by molar-refractivity contribution is 6.02. The normalized spacial score (nSPS) is 10.0. The molecule has 0 aliphatic heterocycles. The largest absolute Gasteiger partial charge is 0.377 e. The highest BCUT2D eigenvalue weighted by Gasteiger charge is 2.12. The van der Waals surface area contributed by atoms with Gasteiger partial charge in [0.25, 0.3) is 0 Å². The van der Waals surface area contributed by atoms with Crippen LogP contribution in [0.1, 0.15) is 10.4 Å². The van der Waals surface area contributed by atoms with Crippen molar-refractivity contribution in [2.24, 2.45) is 5.73 Å². The molecule has 3 nitrogen and oxygen atoms in total. The van der Waals surface area contributed by atoms with Gasteiger partial charge in [0.1, 0.15) is 5.82 Å². The Morgan fingerprint density at radius 2 is 2.14 bits per heavy atom. The third kappa shape index (κ3) is 2.09. The van der Waals surface area contributed by atoms with Crippen molar-refractivity contribution in [3.63, 3.8) is 0 Å². The van der Waals surface area contributed by atoms with E-state index in [0.717, 1.165) is 0 Å². The van der Waals surface area contributed by atoms with Gasteiger partial charge in [-0.25, -0.2) is 4.39 Å². The molecule has 0 bridgehead atoms. The molecule has 0 saturated carbocycles. The molecule has 1 aromatic rings. The number of hydrogen-bond acceptors (Lipinski definition) is 3. The lowest BCUT2D eigenvalue weighted by atomic mass is 10.1. The zero-order valence-electron chi connectivity index (χ0n) is 8.25. The molecule has 0 atom stereocenters. The van der Waals surface area contributed by atoms with Gasteiger partial charge in [-0.15, -0.1) is 0 Å². The smallest absolute Gasteiger partial charge is 0.178 e. The number of nitrogens with zero attached hydrogens (tertiary/aromatic N) is 1. The molecule has 0 radical (unpaired) electrons. The minimum atomic E-state index is -0.424. The Labute approximate surface area is 82.3 Å². The fraction of sp³-hybridized carbons (Fsp3) is 0.300. The standard InChI is InChI=1S/C10H13FN2O/c1-13(2)9-4-3-7(11)5-8(9)10(14)6-12/h3-5H,6,12H2,1-2H3. The molecule has 0 spiro atoms. The van der Waals surface area contributed by atoms with Gasteiger partial charge in [0.15, 0.2) is 5.78 Å². The summed E-state index contributed by atoms with van der Waals surface area (Å²) in [5.41, 5.74) is 6.25. The fourth-order valence-corrected chi connectivity index (χ4v) is 1.23. The number of halogens is 1. The quantitative estimate of drug-likeness (QED) is 0.734. The van der Waals surface area contributed by atoms with Crippen LogP contribution in [0.25, 0.3) is 0 Å². The molecule has 14 heavy (non-hydrogen) atoms. The number of carbonyl (C=O) groups excluding carboxylic acids is 1. The minimum Gasteiger partial charge on any atom is -0.377 e. The van der Waals surface area contributed by atoms with Crippen LogP contribution in [0.2, 0.25) is 0 Å². The van der Waals surface area contributed by atoms with Crippen LogP contribution >= 0.6 is 0 Å². The summed E-state index contributed by atoms with van der Waals surface area (Å²) in [6, 6.07) is 4.10. The van der Waals surface area contributed by atoms with Gasteiger partial charge in [0, 0.05) is 25.3 Å². The van der Waals surface area contributed by atoms with Crippen molar-refractivity contribution in [2.45, 2.75) is 0 Å². The number of carbonyl (C=O) groups is 1. The van der Waals surface area contributed by atoms with Gasteiger partial charge in [-0.2, -0.15) is 0 Å². The summed E-state index contributed by atoms with van der Waals surface area (Å²) in [6.45, 7) is -0.107. The van der Waals surface area contributed by atoms with Gasteiger partial charge in [-0.1, -0.05) is 0 Å². The maximum Gasteiger partial charge on any atom is 0.178 e. The van der Waals surface area contributed by atoms with E-state index in [4.69, 9.17) is 5.73 Å². The fourth-order valence-electron chi connectivity index (χ4n) is 1.23. The third-order valence-electron chi connectivity index (χ3n) is 1.93. The predicted molar refractivity (Wildman–Crippen MR) is 54.1 cm³/mol. The summed E-state index contributed by atoms with van der Waals surface area (Å²) in [4.78, 5) is 13.1. The van der Waals surface area contributed by atoms with Crippen LogP contribution in [-0.4, -0.2) is 26.4 Å². The molecule has 0 amide bonds. The summed E-state index contributed by atoms with van der Waals surface area (Å²) in [6.07, 6.45) is 0. The monoisotopic (exact) mass is 196 g/mol. The van der Waals surface area contributed by atoms with Gasteiger partial charge in [0.2, 0.25) is 0 Å². The van der Waals surface area contributed by atoms with E-state index in [-0.39, 0.29) is 12.3 Å². The van der Waals surface area contributed by atoms with Gasteiger partial charge in [-0.05, 0) is 18.2 Å². The molecule has 0 fully saturated rings. The van der Waals surface area contributed by atoms with Crippen molar-refractivity contribution in [1.29, 1.82) is 0 Å². The average Bonchev–Trinajstić information content (AvgIpc) is 2.16. The van der Waals surface area contributed by atoms with Gasteiger partial charge in [-0.3, -0.25) is 4.79 Å². The lowest BCUT2D eigenvalue weighted by Gasteiger charge is -2.16. The van der Waals surface area contributed by atoms with Crippen molar-refractivity contribution < 1.29 is 9.18 Å². The second-order valence-electron chi connectivity index (χ2n) is 3.18. The van der Waals surface area contributed by atoms with Crippen LogP contribution in [-0.2, 0) is 0 Å². The number of benzene rings is 1. The maximum atomic E-state index is 12.9. The predicted octanol–water partition coefficient (Wildman–Crippen LogP) is 1.03. The topological polar surface area (TPSA) is 46.3 Å². The molecule has 4 heteroatoms. The van der Waals surface area contributed by atoms with E-state index in [0.29, 0.717) is 11.3 Å². The van der Waals surface area contributed by atoms with E-state index in [1.807, 2.05) is 0 Å². The molecular formula is C10H13FN2O. The molecular weight excluding hydrogens is 183 g/mol. The highest BCUT2D eigenvalue weighted by atomic mass is 19.1. The Kier molecular flexibility index (Phi) is 3.19. The number of nitrogens with two attached hydrogens (primary N) is 1. The second kappa shape index (κ2) is 4.19. The van der Waals surface area contributed by atoms with E-state index in [9.17, 15) is 9.18 Å². The molecule has 1 rings (SSSR count). The van der Waals surface area contributed by atoms with Crippen molar-refractivity contribution >= 4 is 11.5 Å². The van der Waals surface area contributed by atoms with Crippen molar-refractivity contribution in [2.75, 3.05) is 25.5 Å². The van der Waals surface area contributed by atoms with Crippen molar-refractivity contribution in [3.8, 4) is 0 Å². The molecule has 1 aromatic carbocycles. The summed E-state index contributed by atoms with van der Waals surface area (Å²) in [5.74, 6) is -0.680. The molecule has 0 aromatic heterocycles. The molecule has 2 N–H and O–H groups in total. The third-order valence-corrected chi connectivity index (χ3v) is 1.93. The van der Waals surface area contributed by atoms with Crippen LogP contribution in [0.3, 0.4) is 0 Å². The first kappa shape index (κ1) is 10.7. The summed E-state index contributed by atoms with van der Waals surface area (Å²) < 4.78 is 12.9. The first-order valence-corrected chi connectivity index (χ1v) is 4.26. The lowest BCUT2D eigenvalue weighted by Crippen LogP contribution is -2.19. The van der Waals surface area contributed by atoms with Gasteiger partial charge >= 0.3 is 0 Å². The van der Waals surface area contributed by atoms with Crippen LogP contribution in [0.4, 0.5) is 10.1 Å². The SMILES string of the molecule is CN(C)c1ccc(F)cc1C(=O)CN. The van der Waals surface area contributed by atoms with E-state index in [1.54, 1.807) is 25.1 Å². The lowest BCUT2D eigenvalue weighted by molar-refractivity contribution is 0.100. The Balaban J connectivity index is 3.22. The van der Waals surface area contributed by atoms with Crippen LogP contribution < -0.4 is 10.6 Å². The molecule has 0 unspecified atom stereocenters. The average molecular weight is 196 g/mol.